The highest BCUT2D eigenvalue weighted by Gasteiger charge is 2.15. The Morgan fingerprint density at radius 1 is 1.21 bits per heavy atom. The third-order valence-electron chi connectivity index (χ3n) is 4.79. The van der Waals surface area contributed by atoms with Gasteiger partial charge in [0.2, 0.25) is 5.91 Å². The maximum Gasteiger partial charge on any atom is 0.272 e. The molecule has 0 saturated carbocycles. The van der Waals surface area contributed by atoms with Gasteiger partial charge in [0.25, 0.3) is 11.5 Å². The molecular formula is C20H19N5O3. The predicted octanol–water partition coefficient (Wildman–Crippen LogP) is 1.89. The number of rotatable bonds is 4. The van der Waals surface area contributed by atoms with Crippen LogP contribution in [0.15, 0.2) is 47.5 Å². The van der Waals surface area contributed by atoms with Crippen LogP contribution < -0.4 is 16.2 Å². The van der Waals surface area contributed by atoms with Crippen molar-refractivity contribution in [3.8, 4) is 0 Å². The quantitative estimate of drug-likeness (QED) is 0.436. The summed E-state index contributed by atoms with van der Waals surface area (Å²) in [5, 5.41) is 6.92. The molecule has 8 nitrogen and oxygen atoms in total. The zero-order valence-corrected chi connectivity index (χ0v) is 15.4. The molecule has 4 aromatic rings. The minimum absolute atomic E-state index is 0.136. The van der Waals surface area contributed by atoms with Crippen molar-refractivity contribution in [2.24, 2.45) is 7.05 Å². The molecule has 3 heterocycles. The van der Waals surface area contributed by atoms with E-state index >= 15 is 0 Å². The minimum atomic E-state index is -0.263. The number of anilines is 1. The van der Waals surface area contributed by atoms with Crippen LogP contribution in [0.1, 0.15) is 16.1 Å². The van der Waals surface area contributed by atoms with Gasteiger partial charge in [0.15, 0.2) is 0 Å². The third-order valence-corrected chi connectivity index (χ3v) is 4.79. The molecule has 0 spiro atoms. The van der Waals surface area contributed by atoms with E-state index in [9.17, 15) is 14.4 Å². The molecule has 2 amide bonds. The highest BCUT2D eigenvalue weighted by atomic mass is 16.2. The average molecular weight is 377 g/mol. The van der Waals surface area contributed by atoms with Crippen LogP contribution in [-0.2, 0) is 18.3 Å². The van der Waals surface area contributed by atoms with Crippen molar-refractivity contribution in [2.75, 3.05) is 12.4 Å². The first-order valence-corrected chi connectivity index (χ1v) is 8.77. The zero-order valence-electron chi connectivity index (χ0n) is 15.4. The second kappa shape index (κ2) is 6.73. The molecule has 0 unspecified atom stereocenters. The van der Waals surface area contributed by atoms with E-state index in [4.69, 9.17) is 0 Å². The number of hydrogen-bond donors (Lipinski definition) is 4. The normalized spacial score (nSPS) is 11.1. The van der Waals surface area contributed by atoms with Crippen molar-refractivity contribution in [1.29, 1.82) is 0 Å². The first kappa shape index (κ1) is 17.6. The molecule has 0 aliphatic heterocycles. The number of hydrogen-bond acceptors (Lipinski definition) is 3. The lowest BCUT2D eigenvalue weighted by atomic mass is 10.1. The van der Waals surface area contributed by atoms with E-state index in [1.165, 1.54) is 0 Å². The molecule has 0 atom stereocenters. The minimum Gasteiger partial charge on any atom is -0.359 e. The summed E-state index contributed by atoms with van der Waals surface area (Å²) in [5.41, 5.74) is 2.73. The van der Waals surface area contributed by atoms with Gasteiger partial charge in [-0.3, -0.25) is 14.4 Å². The third kappa shape index (κ3) is 2.94. The molecule has 0 aliphatic carbocycles. The predicted molar refractivity (Wildman–Crippen MR) is 108 cm³/mol. The molecule has 0 radical (unpaired) electrons. The number of fused-ring (bicyclic) bond motifs is 3. The smallest absolute Gasteiger partial charge is 0.272 e. The Bertz CT molecular complexity index is 1280. The molecule has 0 saturated heterocycles. The Morgan fingerprint density at radius 3 is 2.75 bits per heavy atom. The zero-order chi connectivity index (χ0) is 19.8. The number of likely N-dealkylation sites (N-methyl/N-ethyl adjacent to an activating group) is 1. The van der Waals surface area contributed by atoms with Gasteiger partial charge in [-0.25, -0.2) is 0 Å². The second-order valence-corrected chi connectivity index (χ2v) is 6.59. The first-order valence-electron chi connectivity index (χ1n) is 8.77. The molecule has 4 N–H and O–H groups in total. The SMILES string of the molecule is CNC(=O)Cc1c[nH]c(=O)c2[nH]c3ccc(NC(=O)c4cccn4C)cc3c12. The number of nitrogens with zero attached hydrogens (tertiary/aromatic N) is 1. The largest absolute Gasteiger partial charge is 0.359 e. The van der Waals surface area contributed by atoms with Crippen LogP contribution >= 0.6 is 0 Å². The summed E-state index contributed by atoms with van der Waals surface area (Å²) in [4.78, 5) is 42.4. The van der Waals surface area contributed by atoms with Crippen LogP contribution in [0.5, 0.6) is 0 Å². The van der Waals surface area contributed by atoms with E-state index in [1.54, 1.807) is 55.3 Å². The van der Waals surface area contributed by atoms with Crippen molar-refractivity contribution < 1.29 is 9.59 Å². The van der Waals surface area contributed by atoms with E-state index in [0.29, 0.717) is 27.8 Å². The van der Waals surface area contributed by atoms with Crippen LogP contribution in [0.3, 0.4) is 0 Å². The number of aryl methyl sites for hydroxylation is 1. The summed E-state index contributed by atoms with van der Waals surface area (Å²) in [5.74, 6) is -0.383. The number of H-pyrrole nitrogens is 2. The summed E-state index contributed by atoms with van der Waals surface area (Å²) in [7, 11) is 3.37. The fourth-order valence-corrected chi connectivity index (χ4v) is 3.36. The van der Waals surface area contributed by atoms with Crippen LogP contribution in [0, 0.1) is 0 Å². The Labute approximate surface area is 159 Å². The Hall–Kier alpha value is -3.81. The Kier molecular flexibility index (Phi) is 4.23. The van der Waals surface area contributed by atoms with E-state index in [2.05, 4.69) is 20.6 Å². The maximum absolute atomic E-state index is 12.5. The fraction of sp³-hybridized carbons (Fsp3) is 0.150. The summed E-state index contributed by atoms with van der Waals surface area (Å²) in [6.45, 7) is 0. The van der Waals surface area contributed by atoms with Gasteiger partial charge in [-0.15, -0.1) is 0 Å². The highest BCUT2D eigenvalue weighted by molar-refractivity contribution is 6.11. The number of nitrogens with one attached hydrogen (secondary N) is 4. The number of aromatic nitrogens is 3. The molecule has 3 aromatic heterocycles. The lowest BCUT2D eigenvalue weighted by Gasteiger charge is -2.07. The number of aromatic amines is 2. The number of pyridine rings is 1. The average Bonchev–Trinajstić information content (AvgIpc) is 3.28. The topological polar surface area (TPSA) is 112 Å². The summed E-state index contributed by atoms with van der Waals surface area (Å²) >= 11 is 0. The van der Waals surface area contributed by atoms with Gasteiger partial charge in [-0.2, -0.15) is 0 Å². The van der Waals surface area contributed by atoms with Gasteiger partial charge in [0.1, 0.15) is 11.2 Å². The lowest BCUT2D eigenvalue weighted by Crippen LogP contribution is -2.20. The van der Waals surface area contributed by atoms with Gasteiger partial charge in [-0.1, -0.05) is 0 Å². The monoisotopic (exact) mass is 377 g/mol. The molecule has 1 aromatic carbocycles. The molecule has 8 heteroatoms. The standard InChI is InChI=1S/C20H19N5O3/c1-21-16(26)8-11-10-22-20(28)18-17(11)13-9-12(5-6-14(13)24-18)23-19(27)15-4-3-7-25(15)2/h3-7,9-10,24H,8H2,1-2H3,(H,21,26)(H,22,28)(H,23,27). The van der Waals surface area contributed by atoms with E-state index < -0.39 is 0 Å². The van der Waals surface area contributed by atoms with Gasteiger partial charge >= 0.3 is 0 Å². The van der Waals surface area contributed by atoms with Crippen molar-refractivity contribution in [3.63, 3.8) is 0 Å². The van der Waals surface area contributed by atoms with Gasteiger partial charge in [-0.05, 0) is 35.9 Å². The van der Waals surface area contributed by atoms with Crippen molar-refractivity contribution in [1.82, 2.24) is 19.9 Å². The fourth-order valence-electron chi connectivity index (χ4n) is 3.36. The molecule has 28 heavy (non-hydrogen) atoms. The van der Waals surface area contributed by atoms with Crippen molar-refractivity contribution in [3.05, 3.63) is 64.3 Å². The lowest BCUT2D eigenvalue weighted by molar-refractivity contribution is -0.119. The number of carbonyl (C=O) groups excluding carboxylic acids is 2. The first-order chi connectivity index (χ1) is 13.5. The van der Waals surface area contributed by atoms with Crippen LogP contribution in [-0.4, -0.2) is 33.4 Å². The second-order valence-electron chi connectivity index (χ2n) is 6.59. The summed E-state index contributed by atoms with van der Waals surface area (Å²) < 4.78 is 1.74. The summed E-state index contributed by atoms with van der Waals surface area (Å²) in [6, 6.07) is 8.92. The van der Waals surface area contributed by atoms with Crippen molar-refractivity contribution >= 4 is 39.3 Å². The van der Waals surface area contributed by atoms with E-state index in [1.807, 2.05) is 6.07 Å². The molecular weight excluding hydrogens is 358 g/mol. The Balaban J connectivity index is 1.81. The molecule has 142 valence electrons. The van der Waals surface area contributed by atoms with E-state index in [-0.39, 0.29) is 23.8 Å². The number of benzene rings is 1. The maximum atomic E-state index is 12.5. The van der Waals surface area contributed by atoms with Gasteiger partial charge in [0.05, 0.1) is 6.42 Å². The van der Waals surface area contributed by atoms with Crippen LogP contribution in [0.2, 0.25) is 0 Å². The van der Waals surface area contributed by atoms with Crippen LogP contribution in [0.25, 0.3) is 21.8 Å². The molecule has 0 aliphatic rings. The molecule has 0 fully saturated rings. The van der Waals surface area contributed by atoms with Gasteiger partial charge < -0.3 is 25.2 Å². The highest BCUT2D eigenvalue weighted by Crippen LogP contribution is 2.29. The van der Waals surface area contributed by atoms with E-state index in [0.717, 1.165) is 10.9 Å². The number of carbonyl (C=O) groups is 2. The Morgan fingerprint density at radius 2 is 2.04 bits per heavy atom. The van der Waals surface area contributed by atoms with Crippen LogP contribution in [0.4, 0.5) is 5.69 Å². The number of amides is 2. The van der Waals surface area contributed by atoms with Gasteiger partial charge in [0, 0.05) is 48.5 Å². The summed E-state index contributed by atoms with van der Waals surface area (Å²) in [6.07, 6.45) is 3.49. The molecule has 4 rings (SSSR count). The molecule has 0 bridgehead atoms. The van der Waals surface area contributed by atoms with Crippen molar-refractivity contribution in [2.45, 2.75) is 6.42 Å².